The minimum Gasteiger partial charge on any atom is -0.530 e. The lowest BCUT2D eigenvalue weighted by atomic mass is 10.0. The highest BCUT2D eigenvalue weighted by atomic mass is 32.5. The molecular weight excluding hydrogens is 483 g/mol. The molecule has 0 aromatic heterocycles. The summed E-state index contributed by atoms with van der Waals surface area (Å²) in [6, 6.07) is 5.46. The number of rotatable bonds is 14. The third-order valence-corrected chi connectivity index (χ3v) is 11.1. The second kappa shape index (κ2) is 12.6. The van der Waals surface area contributed by atoms with Crippen LogP contribution in [-0.2, 0) is 38.3 Å². The molecule has 1 aromatic carbocycles. The molecule has 2 atom stereocenters. The van der Waals surface area contributed by atoms with Gasteiger partial charge in [0.25, 0.3) is 6.64 Å². The van der Waals surface area contributed by atoms with Gasteiger partial charge in [-0.25, -0.2) is 4.21 Å². The number of unbranched alkanes of at least 4 members (excludes halogenated alkanes) is 3. The van der Waals surface area contributed by atoms with Crippen LogP contribution in [0.2, 0.25) is 0 Å². The molecule has 0 aliphatic carbocycles. The van der Waals surface area contributed by atoms with Crippen molar-refractivity contribution in [2.24, 2.45) is 0 Å². The number of carbonyl (C=O) groups is 1. The van der Waals surface area contributed by atoms with E-state index in [-0.39, 0.29) is 13.2 Å². The molecule has 0 spiro atoms. The summed E-state index contributed by atoms with van der Waals surface area (Å²) >= 11 is 5.77. The normalized spacial score (nSPS) is 16.8. The van der Waals surface area contributed by atoms with Crippen molar-refractivity contribution in [2.75, 3.05) is 19.8 Å². The van der Waals surface area contributed by atoms with Crippen LogP contribution in [0.3, 0.4) is 0 Å². The fourth-order valence-corrected chi connectivity index (χ4v) is 9.13. The van der Waals surface area contributed by atoms with Gasteiger partial charge in [0.05, 0.1) is 13.2 Å². The summed E-state index contributed by atoms with van der Waals surface area (Å²) in [5.74, 6) is 0.543. The van der Waals surface area contributed by atoms with Crippen molar-refractivity contribution in [3.63, 3.8) is 0 Å². The largest absolute Gasteiger partial charge is 0.530 e. The summed E-state index contributed by atoms with van der Waals surface area (Å²) in [4.78, 5) is 11.6. The maximum atomic E-state index is 14.0. The molecule has 11 heteroatoms. The predicted molar refractivity (Wildman–Crippen MR) is 133 cm³/mol. The Bertz CT molecular complexity index is 872. The van der Waals surface area contributed by atoms with Crippen molar-refractivity contribution in [2.45, 2.75) is 77.7 Å². The van der Waals surface area contributed by atoms with Crippen molar-refractivity contribution in [3.05, 3.63) is 29.3 Å². The zero-order valence-electron chi connectivity index (χ0n) is 20.1. The molecule has 1 heterocycles. The van der Waals surface area contributed by atoms with Gasteiger partial charge in [0, 0.05) is 18.5 Å². The fraction of sp³-hybridized carbons (Fsp3) is 0.682. The third kappa shape index (κ3) is 7.47. The average molecular weight is 520 g/mol. The Morgan fingerprint density at radius 2 is 1.94 bits per heavy atom. The zero-order valence-corrected chi connectivity index (χ0v) is 22.7. The van der Waals surface area contributed by atoms with Crippen molar-refractivity contribution >= 4 is 35.5 Å². The van der Waals surface area contributed by atoms with Crippen molar-refractivity contribution in [1.82, 2.24) is 9.39 Å². The second-order valence-corrected chi connectivity index (χ2v) is 13.5. The van der Waals surface area contributed by atoms with Crippen LogP contribution < -0.4 is 15.2 Å². The second-order valence-electron chi connectivity index (χ2n) is 8.40. The maximum absolute atomic E-state index is 14.0. The van der Waals surface area contributed by atoms with E-state index in [4.69, 9.17) is 25.6 Å². The Kier molecular flexibility index (Phi) is 10.8. The van der Waals surface area contributed by atoms with E-state index in [9.17, 15) is 14.1 Å². The summed E-state index contributed by atoms with van der Waals surface area (Å²) in [6.45, 7) is 7.43. The smallest absolute Gasteiger partial charge is 0.275 e. The van der Waals surface area contributed by atoms with Crippen molar-refractivity contribution in [3.8, 4) is 5.75 Å². The highest BCUT2D eigenvalue weighted by Crippen LogP contribution is 2.55. The van der Waals surface area contributed by atoms with E-state index >= 15 is 0 Å². The first-order valence-electron chi connectivity index (χ1n) is 11.4. The van der Waals surface area contributed by atoms with Crippen molar-refractivity contribution in [1.29, 1.82) is 0 Å². The standard InChI is InChI=1S/C22H37N2O6PS2/c1-6-9-10-11-15-24(31(32,28-7-2)29-8-3)33(27)20(23-21(25)26)18-14-12-13-17-16-22(4,5)30-19(17)18/h12-14,20,23H,6-11,15-16H2,1-5H3,(H,25,26)/p-1. The number of carboxylic acid groups (broad SMARTS) is 1. The SMILES string of the molecule is CCCCCCN(S(=O)C(NC(=O)[O-])c1cccc2c1OC(C)(C)C2)P(=S)(OCC)OCC. The summed E-state index contributed by atoms with van der Waals surface area (Å²) in [7, 11) is -1.95. The Balaban J connectivity index is 2.50. The lowest BCUT2D eigenvalue weighted by Gasteiger charge is -2.35. The molecule has 0 saturated heterocycles. The molecule has 2 unspecified atom stereocenters. The van der Waals surface area contributed by atoms with E-state index in [2.05, 4.69) is 12.2 Å². The van der Waals surface area contributed by atoms with E-state index in [1.54, 1.807) is 19.9 Å². The van der Waals surface area contributed by atoms with Gasteiger partial charge in [-0.15, -0.1) is 4.08 Å². The number of para-hydroxylation sites is 1. The molecule has 0 radical (unpaired) electrons. The monoisotopic (exact) mass is 519 g/mol. The van der Waals surface area contributed by atoms with Crippen LogP contribution in [0, 0.1) is 0 Å². The van der Waals surface area contributed by atoms with Gasteiger partial charge in [-0.3, -0.25) is 0 Å². The fourth-order valence-electron chi connectivity index (χ4n) is 3.79. The first kappa shape index (κ1) is 28.2. The first-order valence-corrected chi connectivity index (χ1v) is 15.2. The number of hydrogen-bond donors (Lipinski definition) is 1. The van der Waals surface area contributed by atoms with E-state index < -0.39 is 34.7 Å². The van der Waals surface area contributed by atoms with Gasteiger partial charge in [-0.05, 0) is 51.5 Å². The molecule has 1 amide bonds. The number of amides is 1. The van der Waals surface area contributed by atoms with Crippen LogP contribution in [0.25, 0.3) is 0 Å². The third-order valence-electron chi connectivity index (χ3n) is 5.12. The summed E-state index contributed by atoms with van der Waals surface area (Å²) in [5, 5.41) is 12.8. The molecule has 0 saturated carbocycles. The number of benzene rings is 1. The molecule has 1 aromatic rings. The van der Waals surface area contributed by atoms with Crippen LogP contribution in [-0.4, -0.2) is 39.7 Å². The summed E-state index contributed by atoms with van der Waals surface area (Å²) in [5.41, 5.74) is 0.967. The molecule has 1 aliphatic heterocycles. The molecule has 1 N–H and O–H groups in total. The molecule has 2 rings (SSSR count). The number of ether oxygens (including phenoxy) is 1. The highest BCUT2D eigenvalue weighted by Gasteiger charge is 2.40. The van der Waals surface area contributed by atoms with Gasteiger partial charge in [-0.2, -0.15) is 0 Å². The van der Waals surface area contributed by atoms with E-state index in [1.807, 2.05) is 26.0 Å². The van der Waals surface area contributed by atoms with Gasteiger partial charge >= 0.3 is 0 Å². The molecular formula is C22H36N2O6PS2-. The zero-order chi connectivity index (χ0) is 24.6. The summed E-state index contributed by atoms with van der Waals surface area (Å²) in [6.07, 6.45) is 2.86. The molecule has 188 valence electrons. The average Bonchev–Trinajstić information content (AvgIpc) is 3.05. The van der Waals surface area contributed by atoms with Crippen LogP contribution in [0.15, 0.2) is 18.2 Å². The molecule has 0 fully saturated rings. The Morgan fingerprint density at radius 1 is 1.27 bits per heavy atom. The van der Waals surface area contributed by atoms with Crippen molar-refractivity contribution < 1.29 is 27.9 Å². The van der Waals surface area contributed by atoms with Crippen LogP contribution >= 0.6 is 6.64 Å². The number of fused-ring (bicyclic) bond motifs is 1. The number of nitrogens with one attached hydrogen (secondary N) is 1. The summed E-state index contributed by atoms with van der Waals surface area (Å²) < 4.78 is 33.4. The Hall–Kier alpha value is -1.03. The minimum atomic E-state index is -3.13. The molecule has 33 heavy (non-hydrogen) atoms. The van der Waals surface area contributed by atoms with Gasteiger partial charge in [0.1, 0.15) is 33.8 Å². The van der Waals surface area contributed by atoms with Crippen LogP contribution in [0.1, 0.15) is 76.8 Å². The molecule has 0 bridgehead atoms. The number of nitrogens with zero attached hydrogens (tertiary/aromatic N) is 1. The lowest BCUT2D eigenvalue weighted by molar-refractivity contribution is -0.251. The number of hydrogen-bond acceptors (Lipinski definition) is 7. The van der Waals surface area contributed by atoms with Crippen LogP contribution in [0.4, 0.5) is 4.79 Å². The van der Waals surface area contributed by atoms with E-state index in [1.165, 1.54) is 4.08 Å². The van der Waals surface area contributed by atoms with Gasteiger partial charge in [-0.1, -0.05) is 44.4 Å². The molecule has 1 aliphatic rings. The number of carbonyl (C=O) groups excluding carboxylic acids is 1. The highest BCUT2D eigenvalue weighted by molar-refractivity contribution is 8.12. The maximum Gasteiger partial charge on any atom is 0.275 e. The predicted octanol–water partition coefficient (Wildman–Crippen LogP) is 4.18. The van der Waals surface area contributed by atoms with Crippen LogP contribution in [0.5, 0.6) is 5.75 Å². The van der Waals surface area contributed by atoms with E-state index in [0.29, 0.717) is 24.3 Å². The quantitative estimate of drug-likeness (QED) is 0.291. The van der Waals surface area contributed by atoms with Gasteiger partial charge in [0.15, 0.2) is 0 Å². The minimum absolute atomic E-state index is 0.288. The topological polar surface area (TPSA) is 100 Å². The Morgan fingerprint density at radius 3 is 2.52 bits per heavy atom. The van der Waals surface area contributed by atoms with Gasteiger partial charge < -0.3 is 29.0 Å². The van der Waals surface area contributed by atoms with Gasteiger partial charge in [0.2, 0.25) is 0 Å². The first-order chi connectivity index (χ1) is 15.6. The Labute approximate surface area is 205 Å². The lowest BCUT2D eigenvalue weighted by Crippen LogP contribution is -2.44. The molecule has 8 nitrogen and oxygen atoms in total. The van der Waals surface area contributed by atoms with E-state index in [0.717, 1.165) is 31.2 Å².